The Morgan fingerprint density at radius 3 is 2.46 bits per heavy atom. The highest BCUT2D eigenvalue weighted by molar-refractivity contribution is 5.95. The van der Waals surface area contributed by atoms with E-state index in [1.165, 1.54) is 18.2 Å². The van der Waals surface area contributed by atoms with Gasteiger partial charge < -0.3 is 31.1 Å². The molecule has 2 aromatic carbocycles. The van der Waals surface area contributed by atoms with E-state index in [-0.39, 0.29) is 30.0 Å². The highest BCUT2D eigenvalue weighted by atomic mass is 16.5. The smallest absolute Gasteiger partial charge is 0.407 e. The number of nitrogens with one attached hydrogen (secondary N) is 1. The number of alkyl carbamates (subject to hydrolysis) is 1. The Kier molecular flexibility index (Phi) is 6.54. The van der Waals surface area contributed by atoms with Crippen LogP contribution in [0.2, 0.25) is 0 Å². The second-order valence-corrected chi connectivity index (χ2v) is 5.60. The summed E-state index contributed by atoms with van der Waals surface area (Å²) in [5.74, 6) is -1.20. The van der Waals surface area contributed by atoms with Crippen molar-refractivity contribution in [2.45, 2.75) is 18.8 Å². The van der Waals surface area contributed by atoms with Crippen LogP contribution in [0.25, 0.3) is 0 Å². The topological polar surface area (TPSA) is 142 Å². The van der Waals surface area contributed by atoms with Gasteiger partial charge in [-0.3, -0.25) is 4.79 Å². The minimum Gasteiger partial charge on any atom is -0.507 e. The molecule has 6 N–H and O–H groups in total. The molecule has 26 heavy (non-hydrogen) atoms. The van der Waals surface area contributed by atoms with Gasteiger partial charge in [0.2, 0.25) is 0 Å². The zero-order chi connectivity index (χ0) is 19.1. The first-order valence-electron chi connectivity index (χ1n) is 7.82. The molecule has 2 atom stereocenters. The molecule has 0 heterocycles. The van der Waals surface area contributed by atoms with Gasteiger partial charge in [-0.25, -0.2) is 4.79 Å². The van der Waals surface area contributed by atoms with Crippen molar-refractivity contribution in [1.29, 1.82) is 0 Å². The molecule has 2 aromatic rings. The normalized spacial score (nSPS) is 12.8. The van der Waals surface area contributed by atoms with Crippen molar-refractivity contribution in [3.05, 3.63) is 65.2 Å². The van der Waals surface area contributed by atoms with Crippen LogP contribution in [0.4, 0.5) is 4.79 Å². The summed E-state index contributed by atoms with van der Waals surface area (Å²) in [5.41, 5.74) is 5.93. The monoisotopic (exact) mass is 360 g/mol. The Balaban J connectivity index is 1.86. The third-order valence-electron chi connectivity index (χ3n) is 3.66. The first-order chi connectivity index (χ1) is 12.4. The number of aliphatic hydroxyl groups is 2. The van der Waals surface area contributed by atoms with Crippen LogP contribution in [0.3, 0.4) is 0 Å². The summed E-state index contributed by atoms with van der Waals surface area (Å²) >= 11 is 0. The lowest BCUT2D eigenvalue weighted by Crippen LogP contribution is -2.35. The number of phenols is 1. The molecular weight excluding hydrogens is 340 g/mol. The van der Waals surface area contributed by atoms with Crippen molar-refractivity contribution in [2.24, 2.45) is 5.73 Å². The fourth-order valence-corrected chi connectivity index (χ4v) is 2.23. The maximum Gasteiger partial charge on any atom is 0.407 e. The Hall–Kier alpha value is -3.10. The largest absolute Gasteiger partial charge is 0.507 e. The SMILES string of the molecule is NC(=O)c1cc(C(O)C(O)CNC(=O)OCc2ccccc2)ccc1O. The van der Waals surface area contributed by atoms with Crippen LogP contribution >= 0.6 is 0 Å². The van der Waals surface area contributed by atoms with Crippen molar-refractivity contribution in [3.8, 4) is 5.75 Å². The second kappa shape index (κ2) is 8.84. The average molecular weight is 360 g/mol. The van der Waals surface area contributed by atoms with Crippen LogP contribution in [0, 0.1) is 0 Å². The molecule has 2 rings (SSSR count). The number of aliphatic hydroxyl groups excluding tert-OH is 2. The van der Waals surface area contributed by atoms with Crippen LogP contribution in [0.1, 0.15) is 27.6 Å². The molecule has 0 aliphatic heterocycles. The lowest BCUT2D eigenvalue weighted by atomic mass is 10.0. The molecule has 8 nitrogen and oxygen atoms in total. The van der Waals surface area contributed by atoms with E-state index >= 15 is 0 Å². The van der Waals surface area contributed by atoms with Gasteiger partial charge in [-0.2, -0.15) is 0 Å². The number of carbonyl (C=O) groups is 2. The summed E-state index contributed by atoms with van der Waals surface area (Å²) in [4.78, 5) is 22.9. The number of benzene rings is 2. The van der Waals surface area contributed by atoms with Crippen LogP contribution in [-0.4, -0.2) is 40.0 Å². The molecule has 2 unspecified atom stereocenters. The van der Waals surface area contributed by atoms with Gasteiger partial charge in [0.05, 0.1) is 5.56 Å². The number of amides is 2. The van der Waals surface area contributed by atoms with Crippen molar-refractivity contribution in [2.75, 3.05) is 6.54 Å². The summed E-state index contributed by atoms with van der Waals surface area (Å²) in [5, 5.41) is 32.0. The summed E-state index contributed by atoms with van der Waals surface area (Å²) in [7, 11) is 0. The number of ether oxygens (including phenoxy) is 1. The van der Waals surface area contributed by atoms with Gasteiger partial charge in [0, 0.05) is 6.54 Å². The van der Waals surface area contributed by atoms with Crippen LogP contribution in [0.15, 0.2) is 48.5 Å². The van der Waals surface area contributed by atoms with E-state index in [9.17, 15) is 24.9 Å². The molecule has 0 spiro atoms. The van der Waals surface area contributed by atoms with Crippen LogP contribution in [-0.2, 0) is 11.3 Å². The molecule has 0 aromatic heterocycles. The number of hydrogen-bond acceptors (Lipinski definition) is 6. The van der Waals surface area contributed by atoms with Gasteiger partial charge in [-0.15, -0.1) is 0 Å². The minimum absolute atomic E-state index is 0.0747. The standard InChI is InChI=1S/C18H20N2O6/c19-17(24)13-8-12(6-7-14(13)21)16(23)15(22)9-20-18(25)26-10-11-4-2-1-3-5-11/h1-8,15-16,21-23H,9-10H2,(H2,19,24)(H,20,25). The molecule has 138 valence electrons. The van der Waals surface area contributed by atoms with E-state index < -0.39 is 24.2 Å². The Morgan fingerprint density at radius 1 is 1.12 bits per heavy atom. The highest BCUT2D eigenvalue weighted by Crippen LogP contribution is 2.23. The van der Waals surface area contributed by atoms with Gasteiger partial charge in [-0.05, 0) is 23.3 Å². The number of carbonyl (C=O) groups excluding carboxylic acids is 2. The molecule has 0 aliphatic rings. The fourth-order valence-electron chi connectivity index (χ4n) is 2.23. The summed E-state index contributed by atoms with van der Waals surface area (Å²) < 4.78 is 4.99. The average Bonchev–Trinajstić information content (AvgIpc) is 2.64. The number of rotatable bonds is 7. The van der Waals surface area contributed by atoms with Crippen molar-refractivity contribution in [3.63, 3.8) is 0 Å². The number of aromatic hydroxyl groups is 1. The molecule has 0 saturated carbocycles. The number of hydrogen-bond donors (Lipinski definition) is 5. The molecule has 0 radical (unpaired) electrons. The van der Waals surface area contributed by atoms with E-state index in [1.54, 1.807) is 12.1 Å². The van der Waals surface area contributed by atoms with Gasteiger partial charge in [0.15, 0.2) is 0 Å². The second-order valence-electron chi connectivity index (χ2n) is 5.60. The van der Waals surface area contributed by atoms with E-state index in [0.29, 0.717) is 0 Å². The van der Waals surface area contributed by atoms with E-state index in [0.717, 1.165) is 5.56 Å². The molecule has 0 aliphatic carbocycles. The van der Waals surface area contributed by atoms with E-state index in [1.807, 2.05) is 18.2 Å². The summed E-state index contributed by atoms with van der Waals surface area (Å²) in [6.07, 6.45) is -3.50. The third-order valence-corrected chi connectivity index (χ3v) is 3.66. The number of nitrogens with two attached hydrogens (primary N) is 1. The first kappa shape index (κ1) is 19.2. The predicted octanol–water partition coefficient (Wildman–Crippen LogP) is 0.812. The highest BCUT2D eigenvalue weighted by Gasteiger charge is 2.21. The predicted molar refractivity (Wildman–Crippen MR) is 92.2 cm³/mol. The van der Waals surface area contributed by atoms with Gasteiger partial charge >= 0.3 is 6.09 Å². The molecule has 0 fully saturated rings. The van der Waals surface area contributed by atoms with E-state index in [4.69, 9.17) is 10.5 Å². The quantitative estimate of drug-likeness (QED) is 0.495. The van der Waals surface area contributed by atoms with Crippen molar-refractivity contribution < 1.29 is 29.6 Å². The molecule has 0 saturated heterocycles. The van der Waals surface area contributed by atoms with E-state index in [2.05, 4.69) is 5.32 Å². The van der Waals surface area contributed by atoms with Gasteiger partial charge in [0.25, 0.3) is 5.91 Å². The van der Waals surface area contributed by atoms with Crippen molar-refractivity contribution >= 4 is 12.0 Å². The Morgan fingerprint density at radius 2 is 1.81 bits per heavy atom. The van der Waals surface area contributed by atoms with Gasteiger partial charge in [-0.1, -0.05) is 36.4 Å². The minimum atomic E-state index is -1.40. The zero-order valence-electron chi connectivity index (χ0n) is 13.8. The number of primary amides is 1. The summed E-state index contributed by atoms with van der Waals surface area (Å²) in [6, 6.07) is 12.8. The maximum absolute atomic E-state index is 11.6. The zero-order valence-corrected chi connectivity index (χ0v) is 13.8. The lowest BCUT2D eigenvalue weighted by Gasteiger charge is -2.19. The lowest BCUT2D eigenvalue weighted by molar-refractivity contribution is 0.0183. The fraction of sp³-hybridized carbons (Fsp3) is 0.222. The van der Waals surface area contributed by atoms with Crippen LogP contribution < -0.4 is 11.1 Å². The maximum atomic E-state index is 11.6. The first-order valence-corrected chi connectivity index (χ1v) is 7.82. The summed E-state index contributed by atoms with van der Waals surface area (Å²) in [6.45, 7) is -0.202. The molecule has 8 heteroatoms. The molecule has 0 bridgehead atoms. The van der Waals surface area contributed by atoms with Gasteiger partial charge in [0.1, 0.15) is 24.6 Å². The Labute approximate surface area is 149 Å². The van der Waals surface area contributed by atoms with Crippen LogP contribution in [0.5, 0.6) is 5.75 Å². The third kappa shape index (κ3) is 5.20. The molecular formula is C18H20N2O6. The van der Waals surface area contributed by atoms with Crippen molar-refractivity contribution in [1.82, 2.24) is 5.32 Å². The Bertz CT molecular complexity index is 766. The molecule has 2 amide bonds.